The molecule has 0 unspecified atom stereocenters. The summed E-state index contributed by atoms with van der Waals surface area (Å²) >= 11 is 0. The lowest BCUT2D eigenvalue weighted by Gasteiger charge is -2.22. The van der Waals surface area contributed by atoms with E-state index >= 15 is 0 Å². The Bertz CT molecular complexity index is 278. The number of aliphatic hydroxyl groups is 1. The number of pyridine rings is 1. The molecule has 1 aromatic heterocycles. The summed E-state index contributed by atoms with van der Waals surface area (Å²) in [5, 5.41) is 12.2. The summed E-state index contributed by atoms with van der Waals surface area (Å²) in [4.78, 5) is 4.00. The molecular formula is C10H16N2O. The van der Waals surface area contributed by atoms with Crippen molar-refractivity contribution in [3.8, 4) is 0 Å². The first-order chi connectivity index (χ1) is 6.01. The van der Waals surface area contributed by atoms with Crippen LogP contribution in [-0.2, 0) is 6.61 Å². The zero-order valence-electron chi connectivity index (χ0n) is 8.33. The minimum atomic E-state index is -0.0142. The maximum absolute atomic E-state index is 8.87. The molecule has 1 aromatic rings. The van der Waals surface area contributed by atoms with Gasteiger partial charge in [0.2, 0.25) is 0 Å². The van der Waals surface area contributed by atoms with Crippen molar-refractivity contribution < 1.29 is 5.11 Å². The maximum atomic E-state index is 8.87. The summed E-state index contributed by atoms with van der Waals surface area (Å²) in [6, 6.07) is 3.75. The average Bonchev–Trinajstić information content (AvgIpc) is 2.01. The molecule has 72 valence electrons. The van der Waals surface area contributed by atoms with Gasteiger partial charge in [-0.25, -0.2) is 0 Å². The minimum Gasteiger partial charge on any atom is -0.390 e. The van der Waals surface area contributed by atoms with Crippen LogP contribution in [0.4, 0.5) is 5.69 Å². The van der Waals surface area contributed by atoms with Gasteiger partial charge in [0.1, 0.15) is 0 Å². The summed E-state index contributed by atoms with van der Waals surface area (Å²) < 4.78 is 0. The van der Waals surface area contributed by atoms with Gasteiger partial charge in [0, 0.05) is 17.4 Å². The lowest BCUT2D eigenvalue weighted by Crippen LogP contribution is -2.26. The van der Waals surface area contributed by atoms with Crippen molar-refractivity contribution in [1.82, 2.24) is 4.98 Å². The fourth-order valence-corrected chi connectivity index (χ4v) is 1.08. The quantitative estimate of drug-likeness (QED) is 0.729. The molecule has 3 heteroatoms. The summed E-state index contributed by atoms with van der Waals surface area (Å²) in [5.74, 6) is 0. The fourth-order valence-electron chi connectivity index (χ4n) is 1.08. The Morgan fingerprint density at radius 1 is 1.46 bits per heavy atom. The van der Waals surface area contributed by atoms with Gasteiger partial charge >= 0.3 is 0 Å². The van der Waals surface area contributed by atoms with E-state index in [1.54, 1.807) is 6.20 Å². The maximum Gasteiger partial charge on any atom is 0.0853 e. The highest BCUT2D eigenvalue weighted by Crippen LogP contribution is 2.14. The van der Waals surface area contributed by atoms with E-state index in [1.165, 1.54) is 0 Å². The second-order valence-electron chi connectivity index (χ2n) is 4.07. The SMILES string of the molecule is CC(C)(C)Nc1ccnc(CO)c1. The first-order valence-corrected chi connectivity index (χ1v) is 4.35. The Morgan fingerprint density at radius 2 is 2.15 bits per heavy atom. The van der Waals surface area contributed by atoms with Crippen LogP contribution in [0.2, 0.25) is 0 Å². The molecule has 1 rings (SSSR count). The number of hydrogen-bond donors (Lipinski definition) is 2. The Labute approximate surface area is 78.8 Å². The van der Waals surface area contributed by atoms with Crippen molar-refractivity contribution in [3.63, 3.8) is 0 Å². The number of rotatable bonds is 2. The molecule has 0 atom stereocenters. The van der Waals surface area contributed by atoms with Crippen LogP contribution in [0, 0.1) is 0 Å². The summed E-state index contributed by atoms with van der Waals surface area (Å²) in [5.41, 5.74) is 1.72. The van der Waals surface area contributed by atoms with E-state index in [4.69, 9.17) is 5.11 Å². The fraction of sp³-hybridized carbons (Fsp3) is 0.500. The Balaban J connectivity index is 2.78. The van der Waals surface area contributed by atoms with E-state index in [0.717, 1.165) is 5.69 Å². The van der Waals surface area contributed by atoms with Gasteiger partial charge in [0.05, 0.1) is 12.3 Å². The molecule has 0 saturated carbocycles. The highest BCUT2D eigenvalue weighted by atomic mass is 16.3. The summed E-state index contributed by atoms with van der Waals surface area (Å²) in [6.45, 7) is 6.25. The molecular weight excluding hydrogens is 164 g/mol. The highest BCUT2D eigenvalue weighted by molar-refractivity contribution is 5.44. The Hall–Kier alpha value is -1.09. The number of aromatic nitrogens is 1. The van der Waals surface area contributed by atoms with Crippen molar-refractivity contribution in [2.45, 2.75) is 32.9 Å². The van der Waals surface area contributed by atoms with Gasteiger partial charge in [0.25, 0.3) is 0 Å². The second-order valence-corrected chi connectivity index (χ2v) is 4.07. The van der Waals surface area contributed by atoms with Crippen LogP contribution in [0.3, 0.4) is 0 Å². The first-order valence-electron chi connectivity index (χ1n) is 4.35. The summed E-state index contributed by atoms with van der Waals surface area (Å²) in [7, 11) is 0. The second kappa shape index (κ2) is 3.75. The van der Waals surface area contributed by atoms with E-state index in [2.05, 4.69) is 31.1 Å². The van der Waals surface area contributed by atoms with Gasteiger partial charge in [-0.05, 0) is 32.9 Å². The molecule has 1 heterocycles. The highest BCUT2D eigenvalue weighted by Gasteiger charge is 2.08. The molecule has 0 aromatic carbocycles. The van der Waals surface area contributed by atoms with Gasteiger partial charge in [-0.15, -0.1) is 0 Å². The molecule has 0 aliphatic rings. The van der Waals surface area contributed by atoms with Crippen molar-refractivity contribution in [2.75, 3.05) is 5.32 Å². The van der Waals surface area contributed by atoms with Gasteiger partial charge in [-0.3, -0.25) is 4.98 Å². The first kappa shape index (κ1) is 9.99. The van der Waals surface area contributed by atoms with Crippen LogP contribution in [0.25, 0.3) is 0 Å². The van der Waals surface area contributed by atoms with E-state index in [0.29, 0.717) is 5.69 Å². The van der Waals surface area contributed by atoms with Crippen LogP contribution in [-0.4, -0.2) is 15.6 Å². The van der Waals surface area contributed by atoms with Gasteiger partial charge < -0.3 is 10.4 Å². The molecule has 0 fully saturated rings. The molecule has 0 spiro atoms. The molecule has 0 aliphatic heterocycles. The number of anilines is 1. The topological polar surface area (TPSA) is 45.2 Å². The molecule has 0 amide bonds. The molecule has 0 saturated heterocycles. The van der Waals surface area contributed by atoms with Crippen LogP contribution >= 0.6 is 0 Å². The van der Waals surface area contributed by atoms with Gasteiger partial charge in [0.15, 0.2) is 0 Å². The van der Waals surface area contributed by atoms with E-state index in [1.807, 2.05) is 12.1 Å². The zero-order valence-corrected chi connectivity index (χ0v) is 8.33. The van der Waals surface area contributed by atoms with E-state index in [-0.39, 0.29) is 12.1 Å². The minimum absolute atomic E-state index is 0.0142. The lowest BCUT2D eigenvalue weighted by molar-refractivity contribution is 0.277. The smallest absolute Gasteiger partial charge is 0.0853 e. The van der Waals surface area contributed by atoms with Gasteiger partial charge in [-0.1, -0.05) is 0 Å². The average molecular weight is 180 g/mol. The lowest BCUT2D eigenvalue weighted by atomic mass is 10.1. The number of nitrogens with one attached hydrogen (secondary N) is 1. The number of aliphatic hydroxyl groups excluding tert-OH is 1. The van der Waals surface area contributed by atoms with Crippen LogP contribution in [0.1, 0.15) is 26.5 Å². The predicted molar refractivity (Wildman–Crippen MR) is 53.5 cm³/mol. The standard InChI is InChI=1S/C10H16N2O/c1-10(2,3)12-8-4-5-11-9(6-8)7-13/h4-6,13H,7H2,1-3H3,(H,11,12). The van der Waals surface area contributed by atoms with Crippen molar-refractivity contribution in [3.05, 3.63) is 24.0 Å². The molecule has 13 heavy (non-hydrogen) atoms. The van der Waals surface area contributed by atoms with E-state index < -0.39 is 0 Å². The zero-order chi connectivity index (χ0) is 9.90. The number of hydrogen-bond acceptors (Lipinski definition) is 3. The number of nitrogens with zero attached hydrogens (tertiary/aromatic N) is 1. The van der Waals surface area contributed by atoms with Gasteiger partial charge in [-0.2, -0.15) is 0 Å². The Kier molecular flexibility index (Phi) is 2.88. The van der Waals surface area contributed by atoms with Crippen LogP contribution in [0.15, 0.2) is 18.3 Å². The molecule has 3 nitrogen and oxygen atoms in total. The van der Waals surface area contributed by atoms with Crippen molar-refractivity contribution >= 4 is 5.69 Å². The normalized spacial score (nSPS) is 11.4. The largest absolute Gasteiger partial charge is 0.390 e. The predicted octanol–water partition coefficient (Wildman–Crippen LogP) is 1.78. The molecule has 0 aliphatic carbocycles. The van der Waals surface area contributed by atoms with Crippen molar-refractivity contribution in [1.29, 1.82) is 0 Å². The van der Waals surface area contributed by atoms with Crippen LogP contribution < -0.4 is 5.32 Å². The molecule has 0 bridgehead atoms. The third-order valence-corrected chi connectivity index (χ3v) is 1.50. The third kappa shape index (κ3) is 3.42. The van der Waals surface area contributed by atoms with E-state index in [9.17, 15) is 0 Å². The van der Waals surface area contributed by atoms with Crippen LogP contribution in [0.5, 0.6) is 0 Å². The molecule has 2 N–H and O–H groups in total. The van der Waals surface area contributed by atoms with Crippen molar-refractivity contribution in [2.24, 2.45) is 0 Å². The Morgan fingerprint density at radius 3 is 2.69 bits per heavy atom. The third-order valence-electron chi connectivity index (χ3n) is 1.50. The monoisotopic (exact) mass is 180 g/mol. The molecule has 0 radical (unpaired) electrons. The summed E-state index contributed by atoms with van der Waals surface area (Å²) in [6.07, 6.45) is 1.69.